The highest BCUT2D eigenvalue weighted by Crippen LogP contribution is 2.37. The Labute approximate surface area is 156 Å². The van der Waals surface area contributed by atoms with E-state index < -0.39 is 29.8 Å². The number of rotatable bonds is 4. The number of aryl methyl sites for hydroxylation is 1. The minimum atomic E-state index is -4.40. The average Bonchev–Trinajstić information content (AvgIpc) is 2.63. The van der Waals surface area contributed by atoms with Crippen molar-refractivity contribution in [1.29, 1.82) is 0 Å². The number of benzene rings is 2. The molecule has 1 N–H and O–H groups in total. The van der Waals surface area contributed by atoms with Gasteiger partial charge in [-0.25, -0.2) is 0 Å². The number of carboxylic acid groups (broad SMARTS) is 1. The maximum Gasteiger partial charge on any atom is 0.416 e. The smallest absolute Gasteiger partial charge is 0.416 e. The molecule has 2 unspecified atom stereocenters. The monoisotopic (exact) mass is 377 g/mol. The van der Waals surface area contributed by atoms with Crippen LogP contribution in [0.2, 0.25) is 0 Å². The lowest BCUT2D eigenvalue weighted by Gasteiger charge is -2.40. The van der Waals surface area contributed by atoms with Crippen LogP contribution < -0.4 is 0 Å². The third-order valence-electron chi connectivity index (χ3n) is 5.20. The molecule has 0 bridgehead atoms. The first-order valence-corrected chi connectivity index (χ1v) is 9.00. The Kier molecular flexibility index (Phi) is 5.56. The molecule has 1 saturated heterocycles. The van der Waals surface area contributed by atoms with Gasteiger partial charge in [0, 0.05) is 0 Å². The fourth-order valence-corrected chi connectivity index (χ4v) is 3.83. The van der Waals surface area contributed by atoms with Crippen molar-refractivity contribution in [3.05, 3.63) is 70.8 Å². The molecule has 3 rings (SSSR count). The summed E-state index contributed by atoms with van der Waals surface area (Å²) in [6.45, 7) is 2.53. The minimum absolute atomic E-state index is 0.394. The lowest BCUT2D eigenvalue weighted by molar-refractivity contribution is -0.145. The molecule has 0 aromatic heterocycles. The van der Waals surface area contributed by atoms with Gasteiger partial charge in [0.2, 0.25) is 0 Å². The van der Waals surface area contributed by atoms with Crippen LogP contribution in [0, 0.1) is 6.92 Å². The summed E-state index contributed by atoms with van der Waals surface area (Å²) in [5, 5.41) is 9.68. The molecule has 0 aliphatic carbocycles. The Morgan fingerprint density at radius 2 is 1.78 bits per heavy atom. The van der Waals surface area contributed by atoms with Crippen molar-refractivity contribution in [3.63, 3.8) is 0 Å². The van der Waals surface area contributed by atoms with Gasteiger partial charge >= 0.3 is 12.1 Å². The Morgan fingerprint density at radius 3 is 2.37 bits per heavy atom. The predicted octanol–water partition coefficient (Wildman–Crippen LogP) is 5.04. The molecule has 2 aromatic carbocycles. The summed E-state index contributed by atoms with van der Waals surface area (Å²) < 4.78 is 38.8. The SMILES string of the molecule is Cc1ccccc1C(c1ccc(C(F)(F)F)cc1)N1CCCCC1C(=O)O. The van der Waals surface area contributed by atoms with Crippen LogP contribution >= 0.6 is 0 Å². The number of piperidine rings is 1. The van der Waals surface area contributed by atoms with Gasteiger partial charge in [-0.3, -0.25) is 9.69 Å². The van der Waals surface area contributed by atoms with Gasteiger partial charge in [-0.1, -0.05) is 42.8 Å². The van der Waals surface area contributed by atoms with E-state index in [0.717, 1.165) is 36.1 Å². The van der Waals surface area contributed by atoms with Crippen LogP contribution in [0.15, 0.2) is 48.5 Å². The summed E-state index contributed by atoms with van der Waals surface area (Å²) in [7, 11) is 0. The summed E-state index contributed by atoms with van der Waals surface area (Å²) in [6, 6.07) is 11.7. The first-order chi connectivity index (χ1) is 12.8. The lowest BCUT2D eigenvalue weighted by Crippen LogP contribution is -2.47. The molecule has 144 valence electrons. The second kappa shape index (κ2) is 7.72. The van der Waals surface area contributed by atoms with E-state index in [2.05, 4.69) is 0 Å². The van der Waals surface area contributed by atoms with E-state index in [9.17, 15) is 23.1 Å². The first kappa shape index (κ1) is 19.4. The molecule has 6 heteroatoms. The number of halogens is 3. The van der Waals surface area contributed by atoms with Gasteiger partial charge in [-0.2, -0.15) is 13.2 Å². The lowest BCUT2D eigenvalue weighted by atomic mass is 9.89. The summed E-state index contributed by atoms with van der Waals surface area (Å²) >= 11 is 0. The number of carbonyl (C=O) groups is 1. The van der Waals surface area contributed by atoms with Crippen molar-refractivity contribution in [3.8, 4) is 0 Å². The van der Waals surface area contributed by atoms with Gasteiger partial charge in [-0.05, 0) is 55.1 Å². The molecular formula is C21H22F3NO2. The van der Waals surface area contributed by atoms with Crippen LogP contribution in [0.3, 0.4) is 0 Å². The summed E-state index contributed by atoms with van der Waals surface area (Å²) in [5.74, 6) is -0.889. The predicted molar refractivity (Wildman–Crippen MR) is 96.4 cm³/mol. The molecule has 0 saturated carbocycles. The van der Waals surface area contributed by atoms with Gasteiger partial charge in [0.15, 0.2) is 0 Å². The maximum absolute atomic E-state index is 12.9. The highest BCUT2D eigenvalue weighted by atomic mass is 19.4. The normalized spacial score (nSPS) is 19.6. The first-order valence-electron chi connectivity index (χ1n) is 9.00. The van der Waals surface area contributed by atoms with Gasteiger partial charge in [0.25, 0.3) is 0 Å². The minimum Gasteiger partial charge on any atom is -0.480 e. The standard InChI is InChI=1S/C21H22F3NO2/c1-14-6-2-3-7-17(14)19(25-13-5-4-8-18(25)20(26)27)15-9-11-16(12-10-15)21(22,23)24/h2-3,6-7,9-12,18-19H,4-5,8,13H2,1H3,(H,26,27). The summed E-state index contributed by atoms with van der Waals surface area (Å²) in [5.41, 5.74) is 1.87. The summed E-state index contributed by atoms with van der Waals surface area (Å²) in [6.07, 6.45) is -2.16. The quantitative estimate of drug-likeness (QED) is 0.811. The van der Waals surface area contributed by atoms with E-state index in [-0.39, 0.29) is 0 Å². The Bertz CT molecular complexity index is 802. The molecule has 1 aliphatic rings. The molecule has 27 heavy (non-hydrogen) atoms. The number of hydrogen-bond acceptors (Lipinski definition) is 2. The molecule has 0 spiro atoms. The van der Waals surface area contributed by atoms with Gasteiger partial charge in [0.1, 0.15) is 6.04 Å². The molecule has 1 aliphatic heterocycles. The fraction of sp³-hybridized carbons (Fsp3) is 0.381. The number of likely N-dealkylation sites (tertiary alicyclic amines) is 1. The third kappa shape index (κ3) is 4.16. The Balaban J connectivity index is 2.08. The van der Waals surface area contributed by atoms with Crippen LogP contribution in [0.4, 0.5) is 13.2 Å². The Morgan fingerprint density at radius 1 is 1.11 bits per heavy atom. The van der Waals surface area contributed by atoms with Crippen molar-refractivity contribution < 1.29 is 23.1 Å². The zero-order valence-corrected chi connectivity index (χ0v) is 15.0. The van der Waals surface area contributed by atoms with Crippen molar-refractivity contribution in [2.75, 3.05) is 6.54 Å². The molecular weight excluding hydrogens is 355 g/mol. The molecule has 3 nitrogen and oxygen atoms in total. The van der Waals surface area contributed by atoms with E-state index in [4.69, 9.17) is 0 Å². The fourth-order valence-electron chi connectivity index (χ4n) is 3.83. The van der Waals surface area contributed by atoms with Crippen molar-refractivity contribution in [2.24, 2.45) is 0 Å². The number of hydrogen-bond donors (Lipinski definition) is 1. The molecule has 1 heterocycles. The number of nitrogens with zero attached hydrogens (tertiary/aromatic N) is 1. The van der Waals surface area contributed by atoms with Crippen molar-refractivity contribution in [2.45, 2.75) is 44.4 Å². The molecule has 1 fully saturated rings. The molecule has 2 aromatic rings. The van der Waals surface area contributed by atoms with Gasteiger partial charge in [0.05, 0.1) is 11.6 Å². The zero-order chi connectivity index (χ0) is 19.6. The second-order valence-electron chi connectivity index (χ2n) is 6.97. The van der Waals surface area contributed by atoms with E-state index in [1.54, 1.807) is 0 Å². The van der Waals surface area contributed by atoms with Gasteiger partial charge < -0.3 is 5.11 Å². The highest BCUT2D eigenvalue weighted by molar-refractivity contribution is 5.73. The van der Waals surface area contributed by atoms with E-state index in [0.29, 0.717) is 18.5 Å². The molecule has 0 amide bonds. The average molecular weight is 377 g/mol. The molecule has 2 atom stereocenters. The largest absolute Gasteiger partial charge is 0.480 e. The van der Waals surface area contributed by atoms with Crippen LogP contribution in [0.25, 0.3) is 0 Å². The van der Waals surface area contributed by atoms with E-state index >= 15 is 0 Å². The van der Waals surface area contributed by atoms with Crippen LogP contribution in [0.1, 0.15) is 47.6 Å². The topological polar surface area (TPSA) is 40.5 Å². The van der Waals surface area contributed by atoms with Gasteiger partial charge in [-0.15, -0.1) is 0 Å². The van der Waals surface area contributed by atoms with Crippen LogP contribution in [-0.2, 0) is 11.0 Å². The Hall–Kier alpha value is -2.34. The second-order valence-corrected chi connectivity index (χ2v) is 6.97. The number of carboxylic acids is 1. The number of alkyl halides is 3. The third-order valence-corrected chi connectivity index (χ3v) is 5.20. The number of aliphatic carboxylic acids is 1. The van der Waals surface area contributed by atoms with E-state index in [1.165, 1.54) is 12.1 Å². The van der Waals surface area contributed by atoms with E-state index in [1.807, 2.05) is 36.1 Å². The van der Waals surface area contributed by atoms with Crippen LogP contribution in [-0.4, -0.2) is 28.6 Å². The molecule has 0 radical (unpaired) electrons. The highest BCUT2D eigenvalue weighted by Gasteiger charge is 2.36. The zero-order valence-electron chi connectivity index (χ0n) is 15.0. The maximum atomic E-state index is 12.9. The summed E-state index contributed by atoms with van der Waals surface area (Å²) in [4.78, 5) is 13.7. The van der Waals surface area contributed by atoms with Crippen molar-refractivity contribution in [1.82, 2.24) is 4.90 Å². The van der Waals surface area contributed by atoms with Crippen LogP contribution in [0.5, 0.6) is 0 Å². The van der Waals surface area contributed by atoms with Crippen molar-refractivity contribution >= 4 is 5.97 Å².